The fourth-order valence-electron chi connectivity index (χ4n) is 3.27. The Balaban J connectivity index is 1.73. The Bertz CT molecular complexity index is 723. The average Bonchev–Trinajstić information content (AvgIpc) is 3.21. The molecule has 3 heterocycles. The molecule has 0 saturated carbocycles. The largest absolute Gasteiger partial charge is 0.481 e. The van der Waals surface area contributed by atoms with E-state index in [1.54, 1.807) is 22.7 Å². The van der Waals surface area contributed by atoms with Gasteiger partial charge < -0.3 is 10.0 Å². The highest BCUT2D eigenvalue weighted by molar-refractivity contribution is 7.14. The number of nitrogens with zero attached hydrogens (tertiary/aromatic N) is 1. The van der Waals surface area contributed by atoms with Crippen molar-refractivity contribution in [3.05, 3.63) is 49.3 Å². The van der Waals surface area contributed by atoms with E-state index in [9.17, 15) is 9.90 Å². The van der Waals surface area contributed by atoms with Crippen molar-refractivity contribution < 1.29 is 9.90 Å². The number of thiophene rings is 2. The number of carbonyl (C=O) groups is 1. The van der Waals surface area contributed by atoms with Crippen molar-refractivity contribution in [1.82, 2.24) is 4.90 Å². The predicted molar refractivity (Wildman–Crippen MR) is 107 cm³/mol. The first-order chi connectivity index (χ1) is 12.1. The number of hydrogen-bond acceptors (Lipinski definition) is 4. The zero-order valence-corrected chi connectivity index (χ0v) is 16.6. The van der Waals surface area contributed by atoms with Gasteiger partial charge in [0.2, 0.25) is 0 Å². The van der Waals surface area contributed by atoms with E-state index in [-0.39, 0.29) is 5.92 Å². The minimum Gasteiger partial charge on any atom is -0.481 e. The lowest BCUT2D eigenvalue weighted by Crippen LogP contribution is -2.39. The molecule has 0 bridgehead atoms. The molecule has 1 N–H and O–H groups in total. The topological polar surface area (TPSA) is 40.5 Å². The number of rotatable bonds is 6. The number of piperidine rings is 1. The van der Waals surface area contributed by atoms with E-state index in [4.69, 9.17) is 11.6 Å². The lowest BCUT2D eigenvalue weighted by Gasteiger charge is -2.30. The average molecular weight is 396 g/mol. The molecule has 0 amide bonds. The molecular weight excluding hydrogens is 374 g/mol. The molecule has 2 aromatic rings. The highest BCUT2D eigenvalue weighted by Crippen LogP contribution is 2.37. The minimum atomic E-state index is -0.666. The molecule has 3 nitrogen and oxygen atoms in total. The van der Waals surface area contributed by atoms with Crippen LogP contribution in [0.4, 0.5) is 0 Å². The summed E-state index contributed by atoms with van der Waals surface area (Å²) < 4.78 is 0. The second kappa shape index (κ2) is 8.49. The molecule has 2 aromatic heterocycles. The Labute approximate surface area is 161 Å². The summed E-state index contributed by atoms with van der Waals surface area (Å²) in [6.07, 6.45) is 4.93. The van der Waals surface area contributed by atoms with E-state index in [0.29, 0.717) is 6.54 Å². The van der Waals surface area contributed by atoms with E-state index in [2.05, 4.69) is 29.3 Å². The first-order valence-corrected chi connectivity index (χ1v) is 10.6. The molecule has 134 valence electrons. The van der Waals surface area contributed by atoms with Gasteiger partial charge in [0.05, 0.1) is 15.8 Å². The van der Waals surface area contributed by atoms with Crippen LogP contribution < -0.4 is 0 Å². The second-order valence-corrected chi connectivity index (χ2v) is 8.65. The van der Waals surface area contributed by atoms with E-state index in [1.807, 2.05) is 11.4 Å². The molecule has 0 radical (unpaired) electrons. The van der Waals surface area contributed by atoms with Crippen LogP contribution in [0.5, 0.6) is 0 Å². The smallest absolute Gasteiger partial charge is 0.307 e. The summed E-state index contributed by atoms with van der Waals surface area (Å²) in [7, 11) is 0. The number of aryl methyl sites for hydroxylation is 1. The molecule has 0 aromatic carbocycles. The summed E-state index contributed by atoms with van der Waals surface area (Å²) in [5.41, 5.74) is 2.48. The molecule has 6 heteroatoms. The van der Waals surface area contributed by atoms with Crippen molar-refractivity contribution in [3.8, 4) is 0 Å². The maximum absolute atomic E-state index is 11.2. The van der Waals surface area contributed by atoms with Crippen LogP contribution in [-0.4, -0.2) is 35.6 Å². The molecule has 1 unspecified atom stereocenters. The van der Waals surface area contributed by atoms with Gasteiger partial charge in [0, 0.05) is 23.5 Å². The third kappa shape index (κ3) is 4.53. The Morgan fingerprint density at radius 3 is 2.76 bits per heavy atom. The quantitative estimate of drug-likeness (QED) is 0.712. The van der Waals surface area contributed by atoms with Gasteiger partial charge in [-0.05, 0) is 61.2 Å². The van der Waals surface area contributed by atoms with Crippen LogP contribution in [0.25, 0.3) is 5.57 Å². The lowest BCUT2D eigenvalue weighted by molar-refractivity contribution is -0.143. The fourth-order valence-corrected chi connectivity index (χ4v) is 5.52. The highest BCUT2D eigenvalue weighted by atomic mass is 35.5. The van der Waals surface area contributed by atoms with E-state index in [1.165, 1.54) is 16.0 Å². The summed E-state index contributed by atoms with van der Waals surface area (Å²) in [5, 5.41) is 14.2. The first-order valence-electron chi connectivity index (χ1n) is 8.49. The number of carboxylic acid groups (broad SMARTS) is 1. The van der Waals surface area contributed by atoms with Crippen LogP contribution in [0, 0.1) is 12.8 Å². The summed E-state index contributed by atoms with van der Waals surface area (Å²) in [6.45, 7) is 4.67. The molecule has 1 atom stereocenters. The third-order valence-electron chi connectivity index (χ3n) is 4.62. The van der Waals surface area contributed by atoms with Crippen LogP contribution in [0.2, 0.25) is 5.02 Å². The third-order valence-corrected chi connectivity index (χ3v) is 7.04. The van der Waals surface area contributed by atoms with Crippen molar-refractivity contribution in [3.63, 3.8) is 0 Å². The Morgan fingerprint density at radius 2 is 2.12 bits per heavy atom. The predicted octanol–water partition coefficient (Wildman–Crippen LogP) is 5.39. The van der Waals surface area contributed by atoms with Crippen LogP contribution >= 0.6 is 34.3 Å². The lowest BCUT2D eigenvalue weighted by atomic mass is 9.98. The van der Waals surface area contributed by atoms with Crippen molar-refractivity contribution in [2.75, 3.05) is 19.6 Å². The maximum atomic E-state index is 11.2. The molecule has 0 spiro atoms. The van der Waals surface area contributed by atoms with Crippen LogP contribution in [0.3, 0.4) is 0 Å². The molecule has 0 aliphatic carbocycles. The van der Waals surface area contributed by atoms with E-state index < -0.39 is 5.97 Å². The molecule has 3 rings (SSSR count). The molecule has 1 aliphatic rings. The van der Waals surface area contributed by atoms with Gasteiger partial charge in [-0.15, -0.1) is 22.7 Å². The van der Waals surface area contributed by atoms with Crippen molar-refractivity contribution >= 4 is 45.8 Å². The van der Waals surface area contributed by atoms with Gasteiger partial charge in [0.25, 0.3) is 0 Å². The van der Waals surface area contributed by atoms with E-state index in [0.717, 1.165) is 42.3 Å². The molecule has 1 fully saturated rings. The molecular formula is C19H22ClNO2S2. The summed E-state index contributed by atoms with van der Waals surface area (Å²) >= 11 is 9.80. The highest BCUT2D eigenvalue weighted by Gasteiger charge is 2.24. The van der Waals surface area contributed by atoms with Crippen molar-refractivity contribution in [2.24, 2.45) is 5.92 Å². The molecule has 1 aliphatic heterocycles. The molecule has 1 saturated heterocycles. The van der Waals surface area contributed by atoms with Crippen LogP contribution in [0.1, 0.15) is 34.6 Å². The summed E-state index contributed by atoms with van der Waals surface area (Å²) in [6, 6.07) is 4.08. The number of aliphatic carboxylic acids is 1. The van der Waals surface area contributed by atoms with Gasteiger partial charge in [0.15, 0.2) is 0 Å². The van der Waals surface area contributed by atoms with Crippen molar-refractivity contribution in [2.45, 2.75) is 26.2 Å². The van der Waals surface area contributed by atoms with Crippen LogP contribution in [-0.2, 0) is 4.79 Å². The van der Waals surface area contributed by atoms with Gasteiger partial charge >= 0.3 is 5.97 Å². The second-order valence-electron chi connectivity index (χ2n) is 6.41. The number of halogens is 1. The zero-order valence-electron chi connectivity index (χ0n) is 14.2. The Hall–Kier alpha value is -1.14. The monoisotopic (exact) mass is 395 g/mol. The Kier molecular flexibility index (Phi) is 6.34. The van der Waals surface area contributed by atoms with Gasteiger partial charge in [-0.1, -0.05) is 17.7 Å². The summed E-state index contributed by atoms with van der Waals surface area (Å²) in [4.78, 5) is 15.9. The first kappa shape index (κ1) is 18.6. The fraction of sp³-hybridized carbons (Fsp3) is 0.421. The number of likely N-dealkylation sites (tertiary alicyclic amines) is 1. The maximum Gasteiger partial charge on any atom is 0.307 e. The summed E-state index contributed by atoms with van der Waals surface area (Å²) in [5.74, 6) is -0.885. The standard InChI is InChI=1S/C19H22ClNO2S2/c1-13-6-10-24-17(13)15(18-16(20)7-11-25-18)5-3-9-21-8-2-4-14(12-21)19(22)23/h5-7,10-11,14H,2-4,8-9,12H2,1H3,(H,22,23)/b15-5+. The number of carboxylic acids is 1. The Morgan fingerprint density at radius 1 is 1.36 bits per heavy atom. The van der Waals surface area contributed by atoms with Gasteiger partial charge in [-0.2, -0.15) is 0 Å². The SMILES string of the molecule is Cc1ccsc1/C(=C\CCN1CCCC(C(=O)O)C1)c1sccc1Cl. The van der Waals surface area contributed by atoms with Crippen LogP contribution in [0.15, 0.2) is 29.0 Å². The van der Waals surface area contributed by atoms with Gasteiger partial charge in [0.1, 0.15) is 0 Å². The minimum absolute atomic E-state index is 0.219. The van der Waals surface area contributed by atoms with Gasteiger partial charge in [-0.25, -0.2) is 0 Å². The normalized spacial score (nSPS) is 19.3. The molecule has 25 heavy (non-hydrogen) atoms. The van der Waals surface area contributed by atoms with Crippen molar-refractivity contribution in [1.29, 1.82) is 0 Å². The zero-order chi connectivity index (χ0) is 17.8. The number of hydrogen-bond donors (Lipinski definition) is 1. The van der Waals surface area contributed by atoms with E-state index >= 15 is 0 Å². The van der Waals surface area contributed by atoms with Gasteiger partial charge in [-0.3, -0.25) is 4.79 Å².